The Bertz CT molecular complexity index is 386. The Morgan fingerprint density at radius 3 is 2.50 bits per heavy atom. The molecule has 2 aliphatic rings. The van der Waals surface area contributed by atoms with Crippen molar-refractivity contribution in [2.24, 2.45) is 5.92 Å². The number of hydrogen-bond donors (Lipinski definition) is 1. The molecular formula is C15H26N2O2S. The SMILES string of the molecule is CSC1CCCCC1N1C(=O)C(C(C)C)NC(=O)C1C. The molecule has 4 atom stereocenters. The number of nitrogens with one attached hydrogen (secondary N) is 1. The van der Waals surface area contributed by atoms with Crippen LogP contribution in [-0.2, 0) is 9.59 Å². The molecule has 0 spiro atoms. The summed E-state index contributed by atoms with van der Waals surface area (Å²) in [5.41, 5.74) is 0. The highest BCUT2D eigenvalue weighted by atomic mass is 32.2. The van der Waals surface area contributed by atoms with Crippen molar-refractivity contribution in [3.8, 4) is 0 Å². The monoisotopic (exact) mass is 298 g/mol. The number of nitrogens with zero attached hydrogens (tertiary/aromatic N) is 1. The zero-order valence-electron chi connectivity index (χ0n) is 12.9. The smallest absolute Gasteiger partial charge is 0.246 e. The average molecular weight is 298 g/mol. The molecule has 20 heavy (non-hydrogen) atoms. The minimum absolute atomic E-state index is 0.00581. The Morgan fingerprint density at radius 2 is 1.90 bits per heavy atom. The first-order valence-corrected chi connectivity index (χ1v) is 8.91. The van der Waals surface area contributed by atoms with Crippen LogP contribution >= 0.6 is 11.8 Å². The maximum absolute atomic E-state index is 12.8. The van der Waals surface area contributed by atoms with Crippen molar-refractivity contribution in [1.29, 1.82) is 0 Å². The summed E-state index contributed by atoms with van der Waals surface area (Å²) in [7, 11) is 0. The van der Waals surface area contributed by atoms with Crippen LogP contribution < -0.4 is 5.32 Å². The third-order valence-electron chi connectivity index (χ3n) is 4.61. The molecule has 0 aromatic rings. The molecule has 1 saturated heterocycles. The molecule has 2 amide bonds. The van der Waals surface area contributed by atoms with Gasteiger partial charge in [-0.1, -0.05) is 26.7 Å². The highest BCUT2D eigenvalue weighted by molar-refractivity contribution is 7.99. The van der Waals surface area contributed by atoms with Gasteiger partial charge in [-0.2, -0.15) is 11.8 Å². The predicted octanol–water partition coefficient (Wildman–Crippen LogP) is 2.03. The lowest BCUT2D eigenvalue weighted by Crippen LogP contribution is -2.67. The number of thioether (sulfide) groups is 1. The zero-order chi connectivity index (χ0) is 14.9. The summed E-state index contributed by atoms with van der Waals surface area (Å²) in [6.07, 6.45) is 6.68. The first-order chi connectivity index (χ1) is 9.47. The molecule has 1 N–H and O–H groups in total. The zero-order valence-corrected chi connectivity index (χ0v) is 13.7. The topological polar surface area (TPSA) is 49.4 Å². The van der Waals surface area contributed by atoms with E-state index in [1.807, 2.05) is 37.4 Å². The molecule has 0 bridgehead atoms. The van der Waals surface area contributed by atoms with Gasteiger partial charge in [-0.3, -0.25) is 9.59 Å². The summed E-state index contributed by atoms with van der Waals surface area (Å²) in [6, 6.07) is -0.480. The van der Waals surface area contributed by atoms with Gasteiger partial charge in [0.1, 0.15) is 12.1 Å². The van der Waals surface area contributed by atoms with Gasteiger partial charge in [-0.25, -0.2) is 0 Å². The fourth-order valence-electron chi connectivity index (χ4n) is 3.39. The summed E-state index contributed by atoms with van der Waals surface area (Å²) >= 11 is 1.84. The second kappa shape index (κ2) is 6.37. The number of carbonyl (C=O) groups excluding carboxylic acids is 2. The molecule has 4 nitrogen and oxygen atoms in total. The van der Waals surface area contributed by atoms with Gasteiger partial charge in [0.2, 0.25) is 11.8 Å². The van der Waals surface area contributed by atoms with Gasteiger partial charge < -0.3 is 10.2 Å². The Kier molecular flexibility index (Phi) is 4.99. The first kappa shape index (κ1) is 15.7. The molecular weight excluding hydrogens is 272 g/mol. The Hall–Kier alpha value is -0.710. The van der Waals surface area contributed by atoms with Gasteiger partial charge in [-0.05, 0) is 31.9 Å². The van der Waals surface area contributed by atoms with E-state index in [9.17, 15) is 9.59 Å². The lowest BCUT2D eigenvalue weighted by Gasteiger charge is -2.46. The van der Waals surface area contributed by atoms with E-state index >= 15 is 0 Å². The van der Waals surface area contributed by atoms with Gasteiger partial charge in [-0.15, -0.1) is 0 Å². The molecule has 4 unspecified atom stereocenters. The van der Waals surface area contributed by atoms with Crippen LogP contribution in [-0.4, -0.2) is 46.3 Å². The largest absolute Gasteiger partial charge is 0.342 e. The van der Waals surface area contributed by atoms with Crippen LogP contribution in [0.4, 0.5) is 0 Å². The molecule has 2 fully saturated rings. The van der Waals surface area contributed by atoms with E-state index in [1.54, 1.807) is 0 Å². The maximum Gasteiger partial charge on any atom is 0.246 e. The molecule has 0 radical (unpaired) electrons. The number of piperazine rings is 1. The van der Waals surface area contributed by atoms with Crippen LogP contribution in [0.5, 0.6) is 0 Å². The van der Waals surface area contributed by atoms with E-state index in [1.165, 1.54) is 6.42 Å². The van der Waals surface area contributed by atoms with Crippen LogP contribution in [0.3, 0.4) is 0 Å². The highest BCUT2D eigenvalue weighted by Gasteiger charge is 2.44. The third-order valence-corrected chi connectivity index (χ3v) is 5.76. The average Bonchev–Trinajstić information content (AvgIpc) is 2.43. The van der Waals surface area contributed by atoms with E-state index in [0.29, 0.717) is 5.25 Å². The Morgan fingerprint density at radius 1 is 1.25 bits per heavy atom. The summed E-state index contributed by atoms with van der Waals surface area (Å²) in [4.78, 5) is 26.9. The van der Waals surface area contributed by atoms with Crippen LogP contribution in [0.25, 0.3) is 0 Å². The quantitative estimate of drug-likeness (QED) is 0.867. The lowest BCUT2D eigenvalue weighted by atomic mass is 9.89. The molecule has 1 aliphatic heterocycles. The minimum Gasteiger partial charge on any atom is -0.342 e. The van der Waals surface area contributed by atoms with E-state index in [-0.39, 0.29) is 35.9 Å². The number of hydrogen-bond acceptors (Lipinski definition) is 3. The second-order valence-corrected chi connectivity index (χ2v) is 7.35. The predicted molar refractivity (Wildman–Crippen MR) is 82.6 cm³/mol. The van der Waals surface area contributed by atoms with Crippen LogP contribution in [0, 0.1) is 5.92 Å². The summed E-state index contributed by atoms with van der Waals surface area (Å²) in [5.74, 6) is 0.240. The van der Waals surface area contributed by atoms with E-state index in [2.05, 4.69) is 11.6 Å². The van der Waals surface area contributed by atoms with Crippen molar-refractivity contribution in [1.82, 2.24) is 10.2 Å². The molecule has 2 rings (SSSR count). The van der Waals surface area contributed by atoms with Gasteiger partial charge in [0, 0.05) is 11.3 Å². The molecule has 1 saturated carbocycles. The molecule has 5 heteroatoms. The summed E-state index contributed by atoms with van der Waals surface area (Å²) in [6.45, 7) is 5.84. The molecule has 1 heterocycles. The van der Waals surface area contributed by atoms with Crippen molar-refractivity contribution in [3.05, 3.63) is 0 Å². The fourth-order valence-corrected chi connectivity index (χ4v) is 4.37. The Balaban J connectivity index is 2.25. The van der Waals surface area contributed by atoms with Crippen molar-refractivity contribution in [3.63, 3.8) is 0 Å². The second-order valence-electron chi connectivity index (χ2n) is 6.28. The molecule has 0 aromatic carbocycles. The van der Waals surface area contributed by atoms with Crippen molar-refractivity contribution < 1.29 is 9.59 Å². The minimum atomic E-state index is -0.358. The number of amides is 2. The normalized spacial score (nSPS) is 35.4. The maximum atomic E-state index is 12.8. The van der Waals surface area contributed by atoms with E-state index in [4.69, 9.17) is 0 Å². The highest BCUT2D eigenvalue weighted by Crippen LogP contribution is 2.33. The molecule has 114 valence electrons. The fraction of sp³-hybridized carbons (Fsp3) is 0.867. The van der Waals surface area contributed by atoms with E-state index in [0.717, 1.165) is 19.3 Å². The first-order valence-electron chi connectivity index (χ1n) is 7.62. The third kappa shape index (κ3) is 2.83. The van der Waals surface area contributed by atoms with Crippen molar-refractivity contribution in [2.45, 2.75) is 69.8 Å². The van der Waals surface area contributed by atoms with Crippen LogP contribution in [0.1, 0.15) is 46.5 Å². The lowest BCUT2D eigenvalue weighted by molar-refractivity contribution is -0.153. The number of rotatable bonds is 3. The van der Waals surface area contributed by atoms with Gasteiger partial charge >= 0.3 is 0 Å². The van der Waals surface area contributed by atoms with Gasteiger partial charge in [0.25, 0.3) is 0 Å². The van der Waals surface area contributed by atoms with Crippen molar-refractivity contribution >= 4 is 23.6 Å². The molecule has 0 aromatic heterocycles. The van der Waals surface area contributed by atoms with Crippen molar-refractivity contribution in [2.75, 3.05) is 6.26 Å². The summed E-state index contributed by atoms with van der Waals surface area (Å²) in [5, 5.41) is 3.35. The summed E-state index contributed by atoms with van der Waals surface area (Å²) < 4.78 is 0. The van der Waals surface area contributed by atoms with Gasteiger partial charge in [0.15, 0.2) is 0 Å². The Labute approximate surface area is 126 Å². The van der Waals surface area contributed by atoms with Crippen LogP contribution in [0.2, 0.25) is 0 Å². The van der Waals surface area contributed by atoms with Crippen LogP contribution in [0.15, 0.2) is 0 Å². The number of carbonyl (C=O) groups is 2. The molecule has 1 aliphatic carbocycles. The van der Waals surface area contributed by atoms with E-state index < -0.39 is 0 Å². The van der Waals surface area contributed by atoms with Gasteiger partial charge in [0.05, 0.1) is 0 Å². The standard InChI is InChI=1S/C15H26N2O2S/c1-9(2)13-15(19)17(10(3)14(18)16-13)11-7-5-6-8-12(11)20-4/h9-13H,5-8H2,1-4H3,(H,16,18).